The second kappa shape index (κ2) is 11.4. The average Bonchev–Trinajstić information content (AvgIpc) is 2.71. The van der Waals surface area contributed by atoms with Crippen molar-refractivity contribution in [1.29, 1.82) is 0 Å². The van der Waals surface area contributed by atoms with Gasteiger partial charge in [0.15, 0.2) is 5.75 Å². The summed E-state index contributed by atoms with van der Waals surface area (Å²) in [5.41, 5.74) is 0. The van der Waals surface area contributed by atoms with Gasteiger partial charge in [-0.15, -0.1) is 11.6 Å². The molecule has 2 N–H and O–H groups in total. The highest BCUT2D eigenvalue weighted by molar-refractivity contribution is 7.91. The fourth-order valence-corrected chi connectivity index (χ4v) is 4.46. The van der Waals surface area contributed by atoms with Gasteiger partial charge in [0.1, 0.15) is 31.2 Å². The first-order valence-electron chi connectivity index (χ1n) is 8.69. The number of benzene rings is 2. The van der Waals surface area contributed by atoms with Crippen LogP contribution >= 0.6 is 34.8 Å². The Balaban J connectivity index is 2.18. The van der Waals surface area contributed by atoms with E-state index in [0.717, 1.165) is 0 Å². The molecule has 2 rings (SSSR count). The third-order valence-electron chi connectivity index (χ3n) is 3.82. The summed E-state index contributed by atoms with van der Waals surface area (Å²) < 4.78 is 41.4. The number of alkyl halides is 1. The molecule has 30 heavy (non-hydrogen) atoms. The van der Waals surface area contributed by atoms with Crippen molar-refractivity contribution < 1.29 is 32.8 Å². The van der Waals surface area contributed by atoms with Crippen molar-refractivity contribution in [1.82, 2.24) is 0 Å². The summed E-state index contributed by atoms with van der Waals surface area (Å²) in [5, 5.41) is 19.0. The maximum atomic E-state index is 12.9. The molecule has 0 fully saturated rings. The Morgan fingerprint density at radius 2 is 1.47 bits per heavy atom. The summed E-state index contributed by atoms with van der Waals surface area (Å²) in [6.07, 6.45) is -1.72. The van der Waals surface area contributed by atoms with Crippen molar-refractivity contribution in [3.05, 3.63) is 46.4 Å². The molecule has 7 nitrogen and oxygen atoms in total. The summed E-state index contributed by atoms with van der Waals surface area (Å²) >= 11 is 17.8. The molecule has 0 aliphatic rings. The van der Waals surface area contributed by atoms with Crippen LogP contribution in [0.1, 0.15) is 0 Å². The van der Waals surface area contributed by atoms with Gasteiger partial charge in [-0.1, -0.05) is 23.2 Å². The highest BCUT2D eigenvalue weighted by Gasteiger charge is 2.22. The number of sulfone groups is 1. The number of hydrogen-bond acceptors (Lipinski definition) is 7. The average molecular weight is 500 g/mol. The molecule has 2 atom stereocenters. The van der Waals surface area contributed by atoms with Crippen LogP contribution in [-0.4, -0.2) is 63.6 Å². The van der Waals surface area contributed by atoms with Crippen molar-refractivity contribution in [2.75, 3.05) is 32.8 Å². The van der Waals surface area contributed by atoms with Crippen LogP contribution in [-0.2, 0) is 14.6 Å². The summed E-state index contributed by atoms with van der Waals surface area (Å²) in [4.78, 5) is -0.113. The molecule has 2 aromatic rings. The number of ether oxygens (including phenoxy) is 3. The second-order valence-electron chi connectivity index (χ2n) is 6.23. The molecule has 0 heterocycles. The number of aliphatic hydroxyl groups is 2. The first kappa shape index (κ1) is 25.0. The van der Waals surface area contributed by atoms with Crippen LogP contribution in [0.4, 0.5) is 0 Å². The normalized spacial score (nSPS) is 13.7. The molecule has 0 bridgehead atoms. The van der Waals surface area contributed by atoms with Crippen molar-refractivity contribution >= 4 is 44.6 Å². The van der Waals surface area contributed by atoms with Crippen LogP contribution in [0, 0.1) is 0 Å². The molecule has 166 valence electrons. The van der Waals surface area contributed by atoms with Crippen LogP contribution in [0.2, 0.25) is 10.0 Å². The summed E-state index contributed by atoms with van der Waals surface area (Å²) in [6, 6.07) is 8.13. The third-order valence-corrected chi connectivity index (χ3v) is 6.48. The van der Waals surface area contributed by atoms with E-state index in [9.17, 15) is 18.6 Å². The largest absolute Gasteiger partial charge is 0.491 e. The molecule has 0 saturated carbocycles. The molecule has 0 spiro atoms. The molecule has 0 unspecified atom stereocenters. The van der Waals surface area contributed by atoms with Crippen molar-refractivity contribution in [2.24, 2.45) is 0 Å². The molecule has 0 aliphatic carbocycles. The third kappa shape index (κ3) is 6.62. The molecular formula is C19H21Cl3O7S. The number of aliphatic hydroxyl groups excluding tert-OH is 2. The lowest BCUT2D eigenvalue weighted by Gasteiger charge is -2.14. The Kier molecular flexibility index (Phi) is 9.49. The number of hydrogen-bond donors (Lipinski definition) is 2. The fourth-order valence-electron chi connectivity index (χ4n) is 2.34. The SMILES string of the molecule is COC[C@@H](O)COc1ccc(S(=O)(=O)c2cc(Cl)c(OC[C@H](O)CCl)c(Cl)c2)cc1. The van der Waals surface area contributed by atoms with Gasteiger partial charge in [-0.2, -0.15) is 0 Å². The predicted octanol–water partition coefficient (Wildman–Crippen LogP) is 3.19. The van der Waals surface area contributed by atoms with E-state index in [1.165, 1.54) is 43.5 Å². The predicted molar refractivity (Wildman–Crippen MR) is 114 cm³/mol. The molecule has 0 saturated heterocycles. The van der Waals surface area contributed by atoms with Gasteiger partial charge in [-0.25, -0.2) is 8.42 Å². The van der Waals surface area contributed by atoms with Crippen LogP contribution < -0.4 is 9.47 Å². The highest BCUT2D eigenvalue weighted by Crippen LogP contribution is 2.37. The first-order chi connectivity index (χ1) is 14.2. The van der Waals surface area contributed by atoms with Gasteiger partial charge in [0, 0.05) is 7.11 Å². The number of halogens is 3. The second-order valence-corrected chi connectivity index (χ2v) is 9.30. The van der Waals surface area contributed by atoms with Crippen LogP contribution in [0.25, 0.3) is 0 Å². The minimum atomic E-state index is -3.91. The van der Waals surface area contributed by atoms with E-state index in [1.807, 2.05) is 0 Å². The van der Waals surface area contributed by atoms with E-state index in [0.29, 0.717) is 5.75 Å². The maximum Gasteiger partial charge on any atom is 0.206 e. The van der Waals surface area contributed by atoms with Gasteiger partial charge in [-0.3, -0.25) is 0 Å². The Bertz CT molecular complexity index is 913. The monoisotopic (exact) mass is 498 g/mol. The van der Waals surface area contributed by atoms with Gasteiger partial charge in [0.25, 0.3) is 0 Å². The molecule has 0 aromatic heterocycles. The van der Waals surface area contributed by atoms with Gasteiger partial charge < -0.3 is 24.4 Å². The van der Waals surface area contributed by atoms with E-state index in [1.54, 1.807) is 0 Å². The minimum absolute atomic E-state index is 0.00499. The summed E-state index contributed by atoms with van der Waals surface area (Å²) in [7, 11) is -2.45. The smallest absolute Gasteiger partial charge is 0.206 e. The molecule has 0 radical (unpaired) electrons. The van der Waals surface area contributed by atoms with Crippen LogP contribution in [0.15, 0.2) is 46.2 Å². The Labute approximate surface area is 190 Å². The van der Waals surface area contributed by atoms with E-state index in [4.69, 9.17) is 49.0 Å². The summed E-state index contributed by atoms with van der Waals surface area (Å²) in [5.74, 6) is 0.411. The summed E-state index contributed by atoms with van der Waals surface area (Å²) in [6.45, 7) is -0.0147. The Hall–Kier alpha value is -1.26. The van der Waals surface area contributed by atoms with Gasteiger partial charge >= 0.3 is 0 Å². The minimum Gasteiger partial charge on any atom is -0.491 e. The van der Waals surface area contributed by atoms with Crippen LogP contribution in [0.3, 0.4) is 0 Å². The van der Waals surface area contributed by atoms with Crippen LogP contribution in [0.5, 0.6) is 11.5 Å². The van der Waals surface area contributed by atoms with Crippen molar-refractivity contribution in [2.45, 2.75) is 22.0 Å². The topological polar surface area (TPSA) is 102 Å². The molecule has 0 aliphatic heterocycles. The van der Waals surface area contributed by atoms with E-state index < -0.39 is 22.0 Å². The van der Waals surface area contributed by atoms with Gasteiger partial charge in [0.2, 0.25) is 9.84 Å². The lowest BCUT2D eigenvalue weighted by molar-refractivity contribution is 0.0325. The number of methoxy groups -OCH3 is 1. The van der Waals surface area contributed by atoms with Crippen molar-refractivity contribution in [3.8, 4) is 11.5 Å². The van der Waals surface area contributed by atoms with E-state index in [2.05, 4.69) is 0 Å². The van der Waals surface area contributed by atoms with E-state index >= 15 is 0 Å². The number of rotatable bonds is 11. The lowest BCUT2D eigenvalue weighted by Crippen LogP contribution is -2.22. The zero-order chi connectivity index (χ0) is 22.3. The molecule has 11 heteroatoms. The first-order valence-corrected chi connectivity index (χ1v) is 11.5. The molecular weight excluding hydrogens is 479 g/mol. The zero-order valence-corrected chi connectivity index (χ0v) is 19.0. The van der Waals surface area contributed by atoms with E-state index in [-0.39, 0.29) is 51.3 Å². The standard InChI is InChI=1S/C19H21Cl3O7S/c1-27-9-13(24)11-28-14-2-4-15(5-3-14)30(25,26)16-6-17(21)19(18(22)7-16)29-10-12(23)8-20/h2-7,12-13,23-24H,8-11H2,1H3/t12-,13-/m1/s1. The van der Waals surface area contributed by atoms with Gasteiger partial charge in [0.05, 0.1) is 32.3 Å². The van der Waals surface area contributed by atoms with Crippen molar-refractivity contribution in [3.63, 3.8) is 0 Å². The maximum absolute atomic E-state index is 12.9. The Morgan fingerprint density at radius 1 is 0.900 bits per heavy atom. The zero-order valence-electron chi connectivity index (χ0n) is 15.9. The van der Waals surface area contributed by atoms with Gasteiger partial charge in [-0.05, 0) is 36.4 Å². The molecule has 0 amide bonds. The quantitative estimate of drug-likeness (QED) is 0.458. The lowest BCUT2D eigenvalue weighted by atomic mass is 10.3. The highest BCUT2D eigenvalue weighted by atomic mass is 35.5. The molecule has 2 aromatic carbocycles. The fraction of sp³-hybridized carbons (Fsp3) is 0.368. The Morgan fingerprint density at radius 3 is 2.00 bits per heavy atom.